The number of para-hydroxylation sites is 1. The Morgan fingerprint density at radius 1 is 1.14 bits per heavy atom. The summed E-state index contributed by atoms with van der Waals surface area (Å²) in [5.74, 6) is -2.30. The normalized spacial score (nSPS) is 15.4. The highest BCUT2D eigenvalue weighted by Crippen LogP contribution is 2.19. The third-order valence-corrected chi connectivity index (χ3v) is 4.92. The lowest BCUT2D eigenvalue weighted by atomic mass is 9.97. The molecule has 1 heterocycles. The van der Waals surface area contributed by atoms with Crippen LogP contribution in [0.25, 0.3) is 10.9 Å². The minimum absolute atomic E-state index is 0.125. The van der Waals surface area contributed by atoms with E-state index in [2.05, 4.69) is 15.6 Å². The van der Waals surface area contributed by atoms with Gasteiger partial charge in [0.25, 0.3) is 0 Å². The molecule has 2 aromatic rings. The highest BCUT2D eigenvalue weighted by atomic mass is 16.4. The zero-order chi connectivity index (χ0) is 20.8. The molecule has 8 heteroatoms. The average Bonchev–Trinajstić information content (AvgIpc) is 3.07. The van der Waals surface area contributed by atoms with Crippen LogP contribution in [0.15, 0.2) is 30.5 Å². The Morgan fingerprint density at radius 3 is 2.43 bits per heavy atom. The largest absolute Gasteiger partial charge is 0.480 e. The van der Waals surface area contributed by atoms with E-state index in [1.807, 2.05) is 38.1 Å². The Balaban J connectivity index is 2.17. The molecule has 0 spiro atoms. The summed E-state index contributed by atoms with van der Waals surface area (Å²) in [5.41, 5.74) is 7.27. The molecule has 0 saturated carbocycles. The van der Waals surface area contributed by atoms with Crippen LogP contribution in [0.5, 0.6) is 0 Å². The predicted octanol–water partition coefficient (Wildman–Crippen LogP) is 1.16. The molecular weight excluding hydrogens is 360 g/mol. The first-order valence-electron chi connectivity index (χ1n) is 9.38. The molecule has 0 fully saturated rings. The third-order valence-electron chi connectivity index (χ3n) is 4.92. The van der Waals surface area contributed by atoms with Gasteiger partial charge in [0, 0.05) is 23.5 Å². The summed E-state index contributed by atoms with van der Waals surface area (Å²) >= 11 is 0. The van der Waals surface area contributed by atoms with Gasteiger partial charge < -0.3 is 26.5 Å². The first-order valence-corrected chi connectivity index (χ1v) is 9.38. The van der Waals surface area contributed by atoms with Crippen LogP contribution in [0.3, 0.4) is 0 Å². The summed E-state index contributed by atoms with van der Waals surface area (Å²) in [6.45, 7) is 5.24. The van der Waals surface area contributed by atoms with Gasteiger partial charge >= 0.3 is 5.97 Å². The fourth-order valence-electron chi connectivity index (χ4n) is 2.97. The number of carbonyl (C=O) groups excluding carboxylic acids is 2. The second-order valence-electron chi connectivity index (χ2n) is 7.12. The fourth-order valence-corrected chi connectivity index (χ4v) is 2.97. The highest BCUT2D eigenvalue weighted by molar-refractivity contribution is 5.92. The van der Waals surface area contributed by atoms with Crippen LogP contribution in [0.4, 0.5) is 0 Å². The average molecular weight is 388 g/mol. The number of carboxylic acid groups (broad SMARTS) is 1. The number of hydrogen-bond donors (Lipinski definition) is 5. The maximum Gasteiger partial charge on any atom is 0.326 e. The highest BCUT2D eigenvalue weighted by Gasteiger charge is 2.30. The molecule has 0 aliphatic rings. The van der Waals surface area contributed by atoms with Gasteiger partial charge in [-0.25, -0.2) is 4.79 Å². The molecule has 4 atom stereocenters. The van der Waals surface area contributed by atoms with Crippen molar-refractivity contribution in [3.8, 4) is 0 Å². The van der Waals surface area contributed by atoms with Crippen LogP contribution in [-0.2, 0) is 20.8 Å². The SMILES string of the molecule is CCC(C)C(NC(=O)C(C)N)C(=O)NC(Cc1c[nH]c2ccccc12)C(=O)O. The molecular formula is C20H28N4O4. The van der Waals surface area contributed by atoms with E-state index in [1.54, 1.807) is 6.20 Å². The van der Waals surface area contributed by atoms with E-state index in [1.165, 1.54) is 6.92 Å². The number of H-pyrrole nitrogens is 1. The molecule has 0 bridgehead atoms. The van der Waals surface area contributed by atoms with E-state index in [0.29, 0.717) is 6.42 Å². The van der Waals surface area contributed by atoms with E-state index < -0.39 is 35.9 Å². The van der Waals surface area contributed by atoms with E-state index in [4.69, 9.17) is 5.73 Å². The Morgan fingerprint density at radius 2 is 1.82 bits per heavy atom. The van der Waals surface area contributed by atoms with Gasteiger partial charge in [-0.15, -0.1) is 0 Å². The maximum atomic E-state index is 12.8. The molecule has 0 aliphatic carbocycles. The smallest absolute Gasteiger partial charge is 0.326 e. The van der Waals surface area contributed by atoms with Crippen LogP contribution in [0, 0.1) is 5.92 Å². The van der Waals surface area contributed by atoms with Crippen molar-refractivity contribution in [3.63, 3.8) is 0 Å². The van der Waals surface area contributed by atoms with Crippen molar-refractivity contribution in [2.45, 2.75) is 51.7 Å². The third kappa shape index (κ3) is 5.10. The van der Waals surface area contributed by atoms with Crippen molar-refractivity contribution < 1.29 is 19.5 Å². The number of aromatic amines is 1. The number of nitrogens with one attached hydrogen (secondary N) is 3. The summed E-state index contributed by atoms with van der Waals surface area (Å²) in [5, 5.41) is 15.7. The van der Waals surface area contributed by atoms with Gasteiger partial charge in [-0.1, -0.05) is 38.5 Å². The maximum absolute atomic E-state index is 12.8. The summed E-state index contributed by atoms with van der Waals surface area (Å²) in [7, 11) is 0. The van der Waals surface area contributed by atoms with Gasteiger partial charge in [0.15, 0.2) is 0 Å². The van der Waals surface area contributed by atoms with E-state index >= 15 is 0 Å². The van der Waals surface area contributed by atoms with Crippen molar-refractivity contribution in [1.29, 1.82) is 0 Å². The summed E-state index contributed by atoms with van der Waals surface area (Å²) in [6, 6.07) is 4.81. The summed E-state index contributed by atoms with van der Waals surface area (Å²) < 4.78 is 0. The van der Waals surface area contributed by atoms with Crippen molar-refractivity contribution in [3.05, 3.63) is 36.0 Å². The first kappa shape index (κ1) is 21.4. The Kier molecular flexibility index (Phi) is 7.17. The summed E-state index contributed by atoms with van der Waals surface area (Å²) in [6.07, 6.45) is 2.51. The number of hydrogen-bond acceptors (Lipinski definition) is 4. The minimum Gasteiger partial charge on any atom is -0.480 e. The van der Waals surface area contributed by atoms with Gasteiger partial charge in [0.1, 0.15) is 12.1 Å². The Labute approximate surface area is 163 Å². The van der Waals surface area contributed by atoms with Gasteiger partial charge in [-0.3, -0.25) is 9.59 Å². The zero-order valence-corrected chi connectivity index (χ0v) is 16.4. The van der Waals surface area contributed by atoms with Crippen molar-refractivity contribution >= 4 is 28.7 Å². The van der Waals surface area contributed by atoms with Gasteiger partial charge in [-0.05, 0) is 24.5 Å². The fraction of sp³-hybridized carbons (Fsp3) is 0.450. The molecule has 2 amide bonds. The summed E-state index contributed by atoms with van der Waals surface area (Å²) in [4.78, 5) is 39.6. The lowest BCUT2D eigenvalue weighted by Gasteiger charge is -2.26. The molecule has 0 saturated heterocycles. The van der Waals surface area contributed by atoms with Crippen LogP contribution < -0.4 is 16.4 Å². The number of fused-ring (bicyclic) bond motifs is 1. The molecule has 0 aliphatic heterocycles. The monoisotopic (exact) mass is 388 g/mol. The first-order chi connectivity index (χ1) is 13.2. The number of aliphatic carboxylic acids is 1. The molecule has 152 valence electrons. The lowest BCUT2D eigenvalue weighted by Crippen LogP contribution is -2.56. The second-order valence-corrected chi connectivity index (χ2v) is 7.12. The van der Waals surface area contributed by atoms with Gasteiger partial charge in [0.2, 0.25) is 11.8 Å². The molecule has 4 unspecified atom stereocenters. The van der Waals surface area contributed by atoms with Gasteiger partial charge in [-0.2, -0.15) is 0 Å². The molecule has 6 N–H and O–H groups in total. The number of carboxylic acids is 1. The number of nitrogens with two attached hydrogens (primary N) is 1. The van der Waals surface area contributed by atoms with Crippen LogP contribution >= 0.6 is 0 Å². The van der Waals surface area contributed by atoms with Crippen LogP contribution in [0.1, 0.15) is 32.8 Å². The molecule has 28 heavy (non-hydrogen) atoms. The second kappa shape index (κ2) is 9.36. The Hall–Kier alpha value is -2.87. The van der Waals surface area contributed by atoms with E-state index in [0.717, 1.165) is 16.5 Å². The standard InChI is InChI=1S/C20H28N4O4/c1-4-11(2)17(24-18(25)12(3)21)19(26)23-16(20(27)28)9-13-10-22-15-8-6-5-7-14(13)15/h5-8,10-12,16-17,22H,4,9,21H2,1-3H3,(H,23,26)(H,24,25)(H,27,28). The molecule has 0 radical (unpaired) electrons. The van der Waals surface area contributed by atoms with E-state index in [9.17, 15) is 19.5 Å². The number of carbonyl (C=O) groups is 3. The number of aromatic nitrogens is 1. The molecule has 1 aromatic carbocycles. The van der Waals surface area contributed by atoms with Gasteiger partial charge in [0.05, 0.1) is 6.04 Å². The van der Waals surface area contributed by atoms with Crippen molar-refractivity contribution in [2.75, 3.05) is 0 Å². The predicted molar refractivity (Wildman–Crippen MR) is 107 cm³/mol. The van der Waals surface area contributed by atoms with Crippen molar-refractivity contribution in [2.24, 2.45) is 11.7 Å². The number of amides is 2. The topological polar surface area (TPSA) is 137 Å². The molecule has 8 nitrogen and oxygen atoms in total. The Bertz CT molecular complexity index is 846. The van der Waals surface area contributed by atoms with Crippen molar-refractivity contribution in [1.82, 2.24) is 15.6 Å². The number of benzene rings is 1. The number of rotatable bonds is 9. The zero-order valence-electron chi connectivity index (χ0n) is 16.4. The molecule has 2 rings (SSSR count). The minimum atomic E-state index is -1.14. The quantitative estimate of drug-likeness (QED) is 0.439. The van der Waals surface area contributed by atoms with E-state index in [-0.39, 0.29) is 12.3 Å². The van der Waals surface area contributed by atoms with Crippen LogP contribution in [-0.4, -0.2) is 46.0 Å². The van der Waals surface area contributed by atoms with Crippen LogP contribution in [0.2, 0.25) is 0 Å². The molecule has 1 aromatic heterocycles. The lowest BCUT2D eigenvalue weighted by molar-refractivity contribution is -0.142.